The van der Waals surface area contributed by atoms with Crippen molar-refractivity contribution in [1.29, 1.82) is 0 Å². The van der Waals surface area contributed by atoms with E-state index >= 15 is 0 Å². The maximum absolute atomic E-state index is 12.0. The Labute approximate surface area is 153 Å². The highest BCUT2D eigenvalue weighted by atomic mass is 16.5. The van der Waals surface area contributed by atoms with Gasteiger partial charge < -0.3 is 14.0 Å². The van der Waals surface area contributed by atoms with Crippen molar-refractivity contribution < 1.29 is 19.1 Å². The van der Waals surface area contributed by atoms with E-state index in [0.717, 1.165) is 18.2 Å². The first-order valence-electron chi connectivity index (χ1n) is 9.46. The van der Waals surface area contributed by atoms with Crippen LogP contribution in [0.4, 0.5) is 0 Å². The van der Waals surface area contributed by atoms with E-state index in [-0.39, 0.29) is 18.2 Å². The summed E-state index contributed by atoms with van der Waals surface area (Å²) < 4.78 is 11.9. The van der Waals surface area contributed by atoms with Gasteiger partial charge >= 0.3 is 11.9 Å². The lowest BCUT2D eigenvalue weighted by Gasteiger charge is -2.21. The van der Waals surface area contributed by atoms with E-state index in [4.69, 9.17) is 9.47 Å². The van der Waals surface area contributed by atoms with Gasteiger partial charge in [-0.3, -0.25) is 4.79 Å². The first kappa shape index (κ1) is 18.4. The molecular weight excluding hydrogens is 332 g/mol. The number of carbonyl (C=O) groups is 2. The summed E-state index contributed by atoms with van der Waals surface area (Å²) in [5.74, 6) is -0.273. The van der Waals surface area contributed by atoms with Crippen molar-refractivity contribution in [3.05, 3.63) is 29.6 Å². The third kappa shape index (κ3) is 3.89. The molecule has 0 N–H and O–H groups in total. The summed E-state index contributed by atoms with van der Waals surface area (Å²) in [6.07, 6.45) is 8.05. The summed E-state index contributed by atoms with van der Waals surface area (Å²) >= 11 is 0. The fraction of sp³-hybridized carbons (Fsp3) is 0.550. The highest BCUT2D eigenvalue weighted by Gasteiger charge is 2.23. The number of esters is 2. The number of ether oxygens (including phenoxy) is 2. The van der Waals surface area contributed by atoms with Gasteiger partial charge in [-0.05, 0) is 50.3 Å². The first-order valence-corrected chi connectivity index (χ1v) is 9.46. The second kappa shape index (κ2) is 8.34. The molecule has 0 atom stereocenters. The van der Waals surface area contributed by atoms with Crippen molar-refractivity contribution in [2.45, 2.75) is 58.4 Å². The van der Waals surface area contributed by atoms with Gasteiger partial charge in [0.25, 0.3) is 0 Å². The largest absolute Gasteiger partial charge is 0.465 e. The van der Waals surface area contributed by atoms with E-state index in [1.54, 1.807) is 24.5 Å². The van der Waals surface area contributed by atoms with Crippen molar-refractivity contribution in [3.8, 4) is 0 Å². The average molecular weight is 358 g/mol. The SMILES string of the molecule is CCOC(=O)Cn1cc(C2CCCCC2)c2ccc(C(=O)OCC)nc21. The van der Waals surface area contributed by atoms with Crippen LogP contribution in [0.3, 0.4) is 0 Å². The minimum absolute atomic E-state index is 0.0936. The van der Waals surface area contributed by atoms with Crippen LogP contribution in [0.2, 0.25) is 0 Å². The molecule has 6 heteroatoms. The molecule has 0 spiro atoms. The van der Waals surface area contributed by atoms with Crippen molar-refractivity contribution in [2.75, 3.05) is 13.2 Å². The van der Waals surface area contributed by atoms with Gasteiger partial charge in [0.15, 0.2) is 5.69 Å². The zero-order valence-corrected chi connectivity index (χ0v) is 15.5. The molecule has 0 aromatic carbocycles. The van der Waals surface area contributed by atoms with Gasteiger partial charge in [-0.25, -0.2) is 9.78 Å². The zero-order chi connectivity index (χ0) is 18.5. The van der Waals surface area contributed by atoms with Crippen LogP contribution in [0.25, 0.3) is 11.0 Å². The summed E-state index contributed by atoms with van der Waals surface area (Å²) in [6.45, 7) is 4.29. The number of hydrogen-bond acceptors (Lipinski definition) is 5. The maximum Gasteiger partial charge on any atom is 0.356 e. The Hall–Kier alpha value is -2.37. The number of fused-ring (bicyclic) bond motifs is 1. The average Bonchev–Trinajstić information content (AvgIpc) is 3.00. The van der Waals surface area contributed by atoms with Crippen LogP contribution in [0.15, 0.2) is 18.3 Å². The fourth-order valence-electron chi connectivity index (χ4n) is 3.72. The van der Waals surface area contributed by atoms with Gasteiger partial charge in [-0.15, -0.1) is 0 Å². The molecule has 1 aliphatic carbocycles. The van der Waals surface area contributed by atoms with E-state index in [1.165, 1.54) is 24.8 Å². The summed E-state index contributed by atoms with van der Waals surface area (Å²) in [7, 11) is 0. The van der Waals surface area contributed by atoms with Gasteiger partial charge in [0.2, 0.25) is 0 Å². The number of carbonyl (C=O) groups excluding carboxylic acids is 2. The molecule has 26 heavy (non-hydrogen) atoms. The lowest BCUT2D eigenvalue weighted by atomic mass is 9.84. The molecule has 2 heterocycles. The number of nitrogens with zero attached hydrogens (tertiary/aromatic N) is 2. The van der Waals surface area contributed by atoms with E-state index in [2.05, 4.69) is 4.98 Å². The molecule has 140 valence electrons. The molecule has 2 aromatic rings. The number of rotatable bonds is 6. The molecule has 1 fully saturated rings. The quantitative estimate of drug-likeness (QED) is 0.734. The predicted octanol–water partition coefficient (Wildman–Crippen LogP) is 3.82. The second-order valence-corrected chi connectivity index (χ2v) is 6.64. The predicted molar refractivity (Wildman–Crippen MR) is 98.1 cm³/mol. The minimum atomic E-state index is -0.447. The summed E-state index contributed by atoms with van der Waals surface area (Å²) in [4.78, 5) is 28.6. The van der Waals surface area contributed by atoms with Crippen LogP contribution < -0.4 is 0 Å². The summed E-state index contributed by atoms with van der Waals surface area (Å²) in [6, 6.07) is 3.64. The van der Waals surface area contributed by atoms with Gasteiger partial charge in [0.1, 0.15) is 12.2 Å². The van der Waals surface area contributed by atoms with E-state index < -0.39 is 5.97 Å². The van der Waals surface area contributed by atoms with Crippen LogP contribution in [0.5, 0.6) is 0 Å². The molecule has 1 saturated carbocycles. The minimum Gasteiger partial charge on any atom is -0.465 e. The van der Waals surface area contributed by atoms with Crippen LogP contribution in [-0.2, 0) is 20.8 Å². The smallest absolute Gasteiger partial charge is 0.356 e. The molecule has 1 aliphatic rings. The molecular formula is C20H26N2O4. The molecule has 0 radical (unpaired) electrons. The first-order chi connectivity index (χ1) is 12.6. The van der Waals surface area contributed by atoms with Gasteiger partial charge in [0, 0.05) is 11.6 Å². The monoisotopic (exact) mass is 358 g/mol. The Balaban J connectivity index is 2.02. The van der Waals surface area contributed by atoms with E-state index in [0.29, 0.717) is 24.8 Å². The van der Waals surface area contributed by atoms with Crippen LogP contribution in [-0.4, -0.2) is 34.7 Å². The topological polar surface area (TPSA) is 70.4 Å². The van der Waals surface area contributed by atoms with E-state index in [9.17, 15) is 9.59 Å². The van der Waals surface area contributed by atoms with E-state index in [1.807, 2.05) is 12.3 Å². The van der Waals surface area contributed by atoms with Crippen molar-refractivity contribution in [2.24, 2.45) is 0 Å². The third-order valence-corrected chi connectivity index (χ3v) is 4.89. The summed E-state index contributed by atoms with van der Waals surface area (Å²) in [5, 5.41) is 1.01. The number of pyridine rings is 1. The highest BCUT2D eigenvalue weighted by molar-refractivity contribution is 5.92. The molecule has 0 amide bonds. The maximum atomic E-state index is 12.0. The van der Waals surface area contributed by atoms with Crippen LogP contribution in [0, 0.1) is 0 Å². The molecule has 2 aromatic heterocycles. The summed E-state index contributed by atoms with van der Waals surface area (Å²) in [5.41, 5.74) is 2.12. The lowest BCUT2D eigenvalue weighted by Crippen LogP contribution is -2.14. The lowest BCUT2D eigenvalue weighted by molar-refractivity contribution is -0.143. The number of aromatic nitrogens is 2. The van der Waals surface area contributed by atoms with Crippen LogP contribution >= 0.6 is 0 Å². The van der Waals surface area contributed by atoms with Crippen molar-refractivity contribution >= 4 is 23.0 Å². The van der Waals surface area contributed by atoms with Crippen molar-refractivity contribution in [3.63, 3.8) is 0 Å². The second-order valence-electron chi connectivity index (χ2n) is 6.64. The Morgan fingerprint density at radius 1 is 1.12 bits per heavy atom. The molecule has 0 bridgehead atoms. The number of hydrogen-bond donors (Lipinski definition) is 0. The Morgan fingerprint density at radius 2 is 1.85 bits per heavy atom. The molecule has 0 aliphatic heterocycles. The third-order valence-electron chi connectivity index (χ3n) is 4.89. The molecule has 6 nitrogen and oxygen atoms in total. The standard InChI is InChI=1S/C20H26N2O4/c1-3-25-18(23)13-22-12-16(14-8-6-5-7-9-14)15-10-11-17(21-19(15)22)20(24)26-4-2/h10-12,14H,3-9,13H2,1-2H3. The normalized spacial score (nSPS) is 15.2. The van der Waals surface area contributed by atoms with Crippen LogP contribution in [0.1, 0.15) is 67.9 Å². The van der Waals surface area contributed by atoms with Gasteiger partial charge in [0.05, 0.1) is 13.2 Å². The van der Waals surface area contributed by atoms with Crippen molar-refractivity contribution in [1.82, 2.24) is 9.55 Å². The van der Waals surface area contributed by atoms with Gasteiger partial charge in [-0.2, -0.15) is 0 Å². The van der Waals surface area contributed by atoms with Gasteiger partial charge in [-0.1, -0.05) is 19.3 Å². The highest BCUT2D eigenvalue weighted by Crippen LogP contribution is 2.37. The Bertz CT molecular complexity index is 790. The Kier molecular flexibility index (Phi) is 5.91. The molecule has 0 unspecified atom stereocenters. The zero-order valence-electron chi connectivity index (χ0n) is 15.5. The molecule has 3 rings (SSSR count). The Morgan fingerprint density at radius 3 is 2.54 bits per heavy atom. The molecule has 0 saturated heterocycles. The fourth-order valence-corrected chi connectivity index (χ4v) is 3.72.